The van der Waals surface area contributed by atoms with Gasteiger partial charge in [0.2, 0.25) is 0 Å². The van der Waals surface area contributed by atoms with Crippen molar-refractivity contribution in [1.29, 1.82) is 0 Å². The van der Waals surface area contributed by atoms with Crippen LogP contribution in [0.1, 0.15) is 142 Å². The minimum absolute atomic E-state index is 0.467. The van der Waals surface area contributed by atoms with Crippen LogP contribution in [0, 0.1) is 0 Å². The van der Waals surface area contributed by atoms with Crippen molar-refractivity contribution < 1.29 is 4.74 Å². The first-order chi connectivity index (χ1) is 15.8. The second-order valence-corrected chi connectivity index (χ2v) is 11.5. The molecule has 32 heavy (non-hydrogen) atoms. The molecule has 0 saturated carbocycles. The van der Waals surface area contributed by atoms with Crippen LogP contribution in [-0.4, -0.2) is 40.8 Å². The Morgan fingerprint density at radius 1 is 0.656 bits per heavy atom. The first-order valence-corrected chi connectivity index (χ1v) is 15.7. The van der Waals surface area contributed by atoms with E-state index in [1.807, 2.05) is 11.8 Å². The number of thiocarbonyl (C=S) groups is 1. The molecule has 0 spiro atoms. The fourth-order valence-corrected chi connectivity index (χ4v) is 5.57. The molecule has 0 aromatic heterocycles. The summed E-state index contributed by atoms with van der Waals surface area (Å²) in [7, 11) is 0. The summed E-state index contributed by atoms with van der Waals surface area (Å²) in [5, 5.41) is 0. The standard InChI is InChI=1S/C28H55NOS2/c1-3-5-7-9-11-13-15-17-19-21-23-29(28(31)32-26-27-25-30-27)24-22-20-18-16-14-12-10-8-6-4-2/h27H,3-26H2,1-2H3. The minimum atomic E-state index is 0.467. The molecule has 0 aliphatic carbocycles. The minimum Gasteiger partial charge on any atom is -0.372 e. The van der Waals surface area contributed by atoms with E-state index in [9.17, 15) is 0 Å². The summed E-state index contributed by atoms with van der Waals surface area (Å²) in [5.41, 5.74) is 0. The van der Waals surface area contributed by atoms with Gasteiger partial charge in [-0.1, -0.05) is 153 Å². The highest BCUT2D eigenvalue weighted by molar-refractivity contribution is 8.22. The van der Waals surface area contributed by atoms with Gasteiger partial charge in [0, 0.05) is 18.8 Å². The molecule has 1 fully saturated rings. The Labute approximate surface area is 211 Å². The van der Waals surface area contributed by atoms with Gasteiger partial charge in [0.15, 0.2) is 0 Å². The molecular weight excluding hydrogens is 430 g/mol. The molecule has 1 rings (SSSR count). The van der Waals surface area contributed by atoms with Crippen molar-refractivity contribution in [2.75, 3.05) is 25.4 Å². The molecule has 1 aliphatic rings. The molecule has 2 nitrogen and oxygen atoms in total. The van der Waals surface area contributed by atoms with Gasteiger partial charge in [-0.2, -0.15) is 0 Å². The largest absolute Gasteiger partial charge is 0.372 e. The number of rotatable bonds is 24. The summed E-state index contributed by atoms with van der Waals surface area (Å²) in [6, 6.07) is 0. The van der Waals surface area contributed by atoms with E-state index >= 15 is 0 Å². The molecule has 190 valence electrons. The molecule has 1 heterocycles. The third kappa shape index (κ3) is 19.6. The van der Waals surface area contributed by atoms with E-state index in [-0.39, 0.29) is 0 Å². The van der Waals surface area contributed by atoms with E-state index in [4.69, 9.17) is 17.0 Å². The Morgan fingerprint density at radius 3 is 1.34 bits per heavy atom. The van der Waals surface area contributed by atoms with Gasteiger partial charge in [-0.25, -0.2) is 0 Å². The SMILES string of the molecule is CCCCCCCCCCCCN(CCCCCCCCCCCC)C(=S)SCC1CO1. The number of hydrogen-bond acceptors (Lipinski definition) is 3. The van der Waals surface area contributed by atoms with Crippen LogP contribution in [-0.2, 0) is 4.74 Å². The van der Waals surface area contributed by atoms with E-state index in [2.05, 4.69) is 18.7 Å². The zero-order valence-electron chi connectivity index (χ0n) is 21.7. The molecule has 1 atom stereocenters. The van der Waals surface area contributed by atoms with Crippen LogP contribution in [0.2, 0.25) is 0 Å². The molecule has 0 amide bonds. The van der Waals surface area contributed by atoms with Crippen LogP contribution in [0.4, 0.5) is 0 Å². The summed E-state index contributed by atoms with van der Waals surface area (Å²) >= 11 is 7.65. The van der Waals surface area contributed by atoms with Crippen molar-refractivity contribution in [2.45, 2.75) is 148 Å². The molecule has 1 aliphatic heterocycles. The Balaban J connectivity index is 2.07. The normalized spacial score (nSPS) is 15.2. The maximum absolute atomic E-state index is 5.80. The van der Waals surface area contributed by atoms with Crippen molar-refractivity contribution in [3.8, 4) is 0 Å². The summed E-state index contributed by atoms with van der Waals surface area (Å²) < 4.78 is 6.49. The first-order valence-electron chi connectivity index (χ1n) is 14.3. The van der Waals surface area contributed by atoms with Gasteiger partial charge in [-0.05, 0) is 12.8 Å². The molecule has 0 radical (unpaired) electrons. The van der Waals surface area contributed by atoms with E-state index in [0.717, 1.165) is 29.8 Å². The van der Waals surface area contributed by atoms with Crippen molar-refractivity contribution in [3.05, 3.63) is 0 Å². The number of nitrogens with zero attached hydrogens (tertiary/aromatic N) is 1. The average molecular weight is 486 g/mol. The third-order valence-electron chi connectivity index (χ3n) is 6.62. The Bertz CT molecular complexity index is 390. The molecule has 1 unspecified atom stereocenters. The van der Waals surface area contributed by atoms with E-state index in [1.165, 1.54) is 128 Å². The molecule has 1 saturated heterocycles. The highest BCUT2D eigenvalue weighted by Crippen LogP contribution is 2.20. The second-order valence-electron chi connectivity index (χ2n) is 9.88. The summed E-state index contributed by atoms with van der Waals surface area (Å²) in [6.45, 7) is 7.84. The lowest BCUT2D eigenvalue weighted by Crippen LogP contribution is -2.30. The van der Waals surface area contributed by atoms with Crippen molar-refractivity contribution in [3.63, 3.8) is 0 Å². The molecular formula is C28H55NOS2. The monoisotopic (exact) mass is 485 g/mol. The van der Waals surface area contributed by atoms with Crippen LogP contribution in [0.3, 0.4) is 0 Å². The zero-order chi connectivity index (χ0) is 23.1. The van der Waals surface area contributed by atoms with Crippen LogP contribution >= 0.6 is 24.0 Å². The molecule has 4 heteroatoms. The van der Waals surface area contributed by atoms with Crippen LogP contribution in [0.5, 0.6) is 0 Å². The fraction of sp³-hybridized carbons (Fsp3) is 0.964. The molecule has 0 aromatic rings. The molecule has 0 aromatic carbocycles. The number of thioether (sulfide) groups is 1. The van der Waals surface area contributed by atoms with E-state index in [1.54, 1.807) is 0 Å². The van der Waals surface area contributed by atoms with Crippen molar-refractivity contribution >= 4 is 28.3 Å². The topological polar surface area (TPSA) is 15.8 Å². The quantitative estimate of drug-likeness (QED) is 0.0767. The van der Waals surface area contributed by atoms with Gasteiger partial charge < -0.3 is 9.64 Å². The Kier molecular flexibility index (Phi) is 21.7. The summed E-state index contributed by atoms with van der Waals surface area (Å²) in [4.78, 5) is 2.51. The Morgan fingerprint density at radius 2 is 1.00 bits per heavy atom. The van der Waals surface area contributed by atoms with E-state index in [0.29, 0.717) is 6.10 Å². The lowest BCUT2D eigenvalue weighted by atomic mass is 10.1. The number of hydrogen-bond donors (Lipinski definition) is 0. The second kappa shape index (κ2) is 23.0. The Hall–Kier alpha value is 0.200. The third-order valence-corrected chi connectivity index (χ3v) is 8.27. The van der Waals surface area contributed by atoms with Gasteiger partial charge in [-0.15, -0.1) is 0 Å². The lowest BCUT2D eigenvalue weighted by Gasteiger charge is -2.25. The predicted molar refractivity (Wildman–Crippen MR) is 150 cm³/mol. The van der Waals surface area contributed by atoms with Gasteiger partial charge in [0.1, 0.15) is 4.32 Å². The fourth-order valence-electron chi connectivity index (χ4n) is 4.29. The summed E-state index contributed by atoms with van der Waals surface area (Å²) in [6.07, 6.45) is 28.5. The van der Waals surface area contributed by atoms with Crippen molar-refractivity contribution in [2.24, 2.45) is 0 Å². The van der Waals surface area contributed by atoms with Gasteiger partial charge >= 0.3 is 0 Å². The van der Waals surface area contributed by atoms with Gasteiger partial charge in [0.25, 0.3) is 0 Å². The van der Waals surface area contributed by atoms with Gasteiger partial charge in [-0.3, -0.25) is 0 Å². The van der Waals surface area contributed by atoms with Gasteiger partial charge in [0.05, 0.1) is 12.7 Å². The number of epoxide rings is 1. The lowest BCUT2D eigenvalue weighted by molar-refractivity contribution is 0.394. The predicted octanol–water partition coefficient (Wildman–Crippen LogP) is 9.55. The summed E-state index contributed by atoms with van der Waals surface area (Å²) in [5.74, 6) is 1.05. The number of ether oxygens (including phenoxy) is 1. The number of unbranched alkanes of at least 4 members (excludes halogenated alkanes) is 18. The van der Waals surface area contributed by atoms with Crippen LogP contribution in [0.15, 0.2) is 0 Å². The first kappa shape index (κ1) is 30.2. The molecule has 0 N–H and O–H groups in total. The van der Waals surface area contributed by atoms with Crippen LogP contribution in [0.25, 0.3) is 0 Å². The van der Waals surface area contributed by atoms with E-state index < -0.39 is 0 Å². The highest BCUT2D eigenvalue weighted by atomic mass is 32.2. The maximum Gasteiger partial charge on any atom is 0.136 e. The smallest absolute Gasteiger partial charge is 0.136 e. The highest BCUT2D eigenvalue weighted by Gasteiger charge is 2.23. The average Bonchev–Trinajstić information content (AvgIpc) is 3.63. The van der Waals surface area contributed by atoms with Crippen LogP contribution < -0.4 is 0 Å². The molecule has 0 bridgehead atoms. The van der Waals surface area contributed by atoms with Crippen molar-refractivity contribution in [1.82, 2.24) is 4.90 Å². The zero-order valence-corrected chi connectivity index (χ0v) is 23.4. The maximum atomic E-state index is 5.80.